The quantitative estimate of drug-likeness (QED) is 0.217. The summed E-state index contributed by atoms with van der Waals surface area (Å²) in [5.74, 6) is 20.3. The fraction of sp³-hybridized carbons (Fsp3) is 0.729. The molecule has 5 heteroatoms. The van der Waals surface area contributed by atoms with E-state index in [9.17, 15) is 15.0 Å². The zero-order valence-corrected chi connectivity index (χ0v) is 34.7. The minimum absolute atomic E-state index is 0.0669. The summed E-state index contributed by atoms with van der Waals surface area (Å²) in [6.07, 6.45) is 21.5. The molecule has 53 heavy (non-hydrogen) atoms. The first-order valence-electron chi connectivity index (χ1n) is 21.3. The summed E-state index contributed by atoms with van der Waals surface area (Å²) < 4.78 is 0.395. The molecule has 2 N–H and O–H groups in total. The topological polar surface area (TPSA) is 57.5 Å². The van der Waals surface area contributed by atoms with Gasteiger partial charge in [-0.2, -0.15) is 0 Å². The molecule has 12 atom stereocenters. The maximum absolute atomic E-state index is 11.8. The lowest BCUT2D eigenvalue weighted by molar-refractivity contribution is -0.116. The monoisotopic (exact) mass is 752 g/mol. The Balaban J connectivity index is 0.000000152. The molecule has 9 aliphatic rings. The van der Waals surface area contributed by atoms with E-state index in [-0.39, 0.29) is 10.8 Å². The minimum atomic E-state index is -0.853. The maximum Gasteiger partial charge on any atom is 0.155 e. The summed E-state index contributed by atoms with van der Waals surface area (Å²) in [7, 11) is 0. The van der Waals surface area contributed by atoms with E-state index >= 15 is 0 Å². The van der Waals surface area contributed by atoms with Crippen molar-refractivity contribution < 1.29 is 15.0 Å². The third kappa shape index (κ3) is 5.73. The van der Waals surface area contributed by atoms with E-state index < -0.39 is 11.2 Å². The molecule has 9 rings (SSSR count). The number of carbonyl (C=O) groups excluding carboxylic acids is 1. The lowest BCUT2D eigenvalue weighted by Crippen LogP contribution is -2.54. The lowest BCUT2D eigenvalue weighted by Gasteiger charge is -2.57. The van der Waals surface area contributed by atoms with Crippen molar-refractivity contribution >= 4 is 29.3 Å². The Hall–Kier alpha value is -1.63. The van der Waals surface area contributed by atoms with Crippen LogP contribution >= 0.6 is 23.5 Å². The number of hydrogen-bond donors (Lipinski definition) is 2. The molecule has 1 heterocycles. The van der Waals surface area contributed by atoms with Crippen LogP contribution in [-0.4, -0.2) is 42.8 Å². The number of allylic oxidation sites excluding steroid dienone is 4. The van der Waals surface area contributed by atoms with Gasteiger partial charge in [0.25, 0.3) is 0 Å². The van der Waals surface area contributed by atoms with E-state index in [1.807, 2.05) is 19.9 Å². The zero-order valence-electron chi connectivity index (χ0n) is 33.0. The van der Waals surface area contributed by atoms with Gasteiger partial charge in [-0.3, -0.25) is 4.79 Å². The van der Waals surface area contributed by atoms with Gasteiger partial charge in [-0.25, -0.2) is 0 Å². The van der Waals surface area contributed by atoms with Gasteiger partial charge in [0.05, 0.1) is 4.08 Å². The van der Waals surface area contributed by atoms with Crippen LogP contribution in [0.15, 0.2) is 47.6 Å². The Morgan fingerprint density at radius 3 is 1.74 bits per heavy atom. The highest BCUT2D eigenvalue weighted by molar-refractivity contribution is 8.21. The molecule has 3 nitrogen and oxygen atoms in total. The Morgan fingerprint density at radius 1 is 0.717 bits per heavy atom. The van der Waals surface area contributed by atoms with E-state index in [1.54, 1.807) is 5.57 Å². The highest BCUT2D eigenvalue weighted by Crippen LogP contribution is 2.69. The van der Waals surface area contributed by atoms with Crippen molar-refractivity contribution in [2.75, 3.05) is 11.5 Å². The van der Waals surface area contributed by atoms with Crippen molar-refractivity contribution in [3.05, 3.63) is 47.6 Å². The number of thioether (sulfide) groups is 2. The number of aliphatic hydroxyl groups is 2. The Labute approximate surface area is 329 Å². The predicted molar refractivity (Wildman–Crippen MR) is 222 cm³/mol. The van der Waals surface area contributed by atoms with Gasteiger partial charge in [0, 0.05) is 28.8 Å². The second-order valence-electron chi connectivity index (χ2n) is 18.6. The van der Waals surface area contributed by atoms with Crippen LogP contribution in [-0.2, 0) is 4.79 Å². The molecule has 0 amide bonds. The van der Waals surface area contributed by atoms with Crippen LogP contribution in [0.2, 0.25) is 0 Å². The summed E-state index contributed by atoms with van der Waals surface area (Å²) in [4.78, 5) is 11.8. The number of ketones is 1. The van der Waals surface area contributed by atoms with E-state index in [0.717, 1.165) is 76.5 Å². The number of carbonyl (C=O) groups is 1. The predicted octanol–water partition coefficient (Wildman–Crippen LogP) is 10.5. The summed E-state index contributed by atoms with van der Waals surface area (Å²) in [6, 6.07) is 0. The van der Waals surface area contributed by atoms with Gasteiger partial charge >= 0.3 is 0 Å². The zero-order chi connectivity index (χ0) is 37.4. The van der Waals surface area contributed by atoms with Crippen LogP contribution < -0.4 is 0 Å². The van der Waals surface area contributed by atoms with Crippen molar-refractivity contribution in [3.8, 4) is 23.7 Å². The van der Waals surface area contributed by atoms with Crippen LogP contribution in [0.25, 0.3) is 0 Å². The van der Waals surface area contributed by atoms with Gasteiger partial charge in [0.15, 0.2) is 5.78 Å². The van der Waals surface area contributed by atoms with Gasteiger partial charge in [0.2, 0.25) is 0 Å². The van der Waals surface area contributed by atoms with E-state index in [0.29, 0.717) is 57.7 Å². The van der Waals surface area contributed by atoms with Gasteiger partial charge < -0.3 is 10.2 Å². The molecule has 1 saturated heterocycles. The summed E-state index contributed by atoms with van der Waals surface area (Å²) >= 11 is 4.38. The normalized spacial score (nSPS) is 46.0. The second kappa shape index (κ2) is 14.1. The molecule has 1 aliphatic heterocycles. The molecular formula is C48H64O3S2. The largest absolute Gasteiger partial charge is 0.377 e. The average Bonchev–Trinajstić information content (AvgIpc) is 3.80. The van der Waals surface area contributed by atoms with Crippen LogP contribution in [0.5, 0.6) is 0 Å². The van der Waals surface area contributed by atoms with Gasteiger partial charge in [-0.1, -0.05) is 67.2 Å². The standard InChI is InChI=1S/C25H34OS2.C23H30O2/c1-4-10-24(26)11-9-21-20-7-6-18-16-25(27-13-14-28-25)12-8-19(18)22(20)17(3)15-23(21,24)5-2;1-4-11-23(25)12-10-20-19-8-6-16-13-17(24)7-9-18(16)21(19)15(3)14-22(20,23)5-2/h16,19-22,26H,3,5-9,11-15H2,1-2H3;13,18-21,25H,3,5-10,12,14H2,1-2H3/t19?,20?,21?,22?,23-,24-;18?,19?,20?,21?,22-,23-/m00/s1. The fourth-order valence-electron chi connectivity index (χ4n) is 15.0. The van der Waals surface area contributed by atoms with Crippen molar-refractivity contribution in [3.63, 3.8) is 0 Å². The highest BCUT2D eigenvalue weighted by Gasteiger charge is 2.66. The van der Waals surface area contributed by atoms with Crippen molar-refractivity contribution in [2.24, 2.45) is 58.2 Å². The van der Waals surface area contributed by atoms with Crippen molar-refractivity contribution in [1.82, 2.24) is 0 Å². The Kier molecular flexibility index (Phi) is 10.2. The molecule has 8 aliphatic carbocycles. The van der Waals surface area contributed by atoms with E-state index in [4.69, 9.17) is 0 Å². The third-order valence-corrected chi connectivity index (χ3v) is 20.4. The van der Waals surface area contributed by atoms with E-state index in [1.165, 1.54) is 53.9 Å². The van der Waals surface area contributed by atoms with Crippen LogP contribution in [0, 0.1) is 81.9 Å². The first-order valence-corrected chi connectivity index (χ1v) is 23.3. The lowest BCUT2D eigenvalue weighted by atomic mass is 9.48. The molecule has 6 saturated carbocycles. The second-order valence-corrected chi connectivity index (χ2v) is 21.7. The number of fused-ring (bicyclic) bond motifs is 10. The molecule has 0 radical (unpaired) electrons. The first-order chi connectivity index (χ1) is 25.4. The molecule has 8 unspecified atom stereocenters. The molecular weight excluding hydrogens is 689 g/mol. The average molecular weight is 753 g/mol. The van der Waals surface area contributed by atoms with Gasteiger partial charge in [0.1, 0.15) is 11.2 Å². The number of rotatable bonds is 2. The summed E-state index contributed by atoms with van der Waals surface area (Å²) in [6.45, 7) is 17.4. The highest BCUT2D eigenvalue weighted by atomic mass is 32.2. The van der Waals surface area contributed by atoms with Crippen molar-refractivity contribution in [2.45, 2.75) is 146 Å². The Bertz CT molecular complexity index is 1730. The van der Waals surface area contributed by atoms with Gasteiger partial charge in [-0.05, 0) is 164 Å². The first kappa shape index (κ1) is 38.3. The van der Waals surface area contributed by atoms with Gasteiger partial charge in [-0.15, -0.1) is 35.4 Å². The third-order valence-electron chi connectivity index (χ3n) is 17.0. The summed E-state index contributed by atoms with van der Waals surface area (Å²) in [5, 5.41) is 23.0. The molecule has 1 spiro atoms. The molecule has 0 aromatic heterocycles. The molecule has 0 bridgehead atoms. The van der Waals surface area contributed by atoms with E-state index in [2.05, 4.69) is 80.3 Å². The molecule has 7 fully saturated rings. The van der Waals surface area contributed by atoms with Crippen molar-refractivity contribution in [1.29, 1.82) is 0 Å². The minimum Gasteiger partial charge on any atom is -0.377 e. The molecule has 0 aromatic rings. The fourth-order valence-corrected chi connectivity index (χ4v) is 18.2. The summed E-state index contributed by atoms with van der Waals surface area (Å²) in [5.41, 5.74) is 4.02. The molecule has 286 valence electrons. The number of hydrogen-bond acceptors (Lipinski definition) is 5. The SMILES string of the molecule is C=C1C[C@@]2(CC)C(CC[C@@]2(O)C#CC)C2CCC3=CC(=O)CCC3C12.C=C1C[C@@]2(CC)C(CC[C@@]2(O)C#CC)C2CCC3=CC4(CCC3C12)SCCS4. The van der Waals surface area contributed by atoms with Crippen LogP contribution in [0.1, 0.15) is 130 Å². The van der Waals surface area contributed by atoms with Crippen LogP contribution in [0.3, 0.4) is 0 Å². The maximum atomic E-state index is 11.8. The molecule has 0 aromatic carbocycles. The van der Waals surface area contributed by atoms with Crippen LogP contribution in [0.4, 0.5) is 0 Å². The smallest absolute Gasteiger partial charge is 0.155 e. The Morgan fingerprint density at radius 2 is 1.23 bits per heavy atom.